The van der Waals surface area contributed by atoms with E-state index in [0.29, 0.717) is 11.5 Å². The van der Waals surface area contributed by atoms with Gasteiger partial charge in [-0.1, -0.05) is 19.1 Å². The number of carbonyl (C=O) groups is 1. The van der Waals surface area contributed by atoms with Gasteiger partial charge in [0, 0.05) is 19.5 Å². The smallest absolute Gasteiger partial charge is 0.303 e. The van der Waals surface area contributed by atoms with Gasteiger partial charge in [-0.15, -0.1) is 0 Å². The lowest BCUT2D eigenvalue weighted by atomic mass is 9.84. The van der Waals surface area contributed by atoms with Gasteiger partial charge in [-0.05, 0) is 36.8 Å². The fourth-order valence-electron chi connectivity index (χ4n) is 2.98. The highest BCUT2D eigenvalue weighted by Crippen LogP contribution is 2.30. The summed E-state index contributed by atoms with van der Waals surface area (Å²) in [7, 11) is 0. The number of benzene rings is 1. The van der Waals surface area contributed by atoms with E-state index in [1.165, 1.54) is 0 Å². The Hall–Kier alpha value is -2.02. The van der Waals surface area contributed by atoms with Crippen molar-refractivity contribution in [2.24, 2.45) is 11.8 Å². The molecule has 0 saturated carbocycles. The molecule has 0 radical (unpaired) electrons. The number of piperidine rings is 1. The van der Waals surface area contributed by atoms with Gasteiger partial charge in [0.25, 0.3) is 0 Å². The second kappa shape index (κ2) is 6.42. The highest BCUT2D eigenvalue weighted by molar-refractivity contribution is 5.67. The summed E-state index contributed by atoms with van der Waals surface area (Å²) in [6, 6.07) is 9.86. The van der Waals surface area contributed by atoms with Gasteiger partial charge in [0.1, 0.15) is 6.07 Å². The van der Waals surface area contributed by atoms with E-state index in [9.17, 15) is 10.1 Å². The molecule has 1 N–H and O–H groups in total. The molecule has 20 heavy (non-hydrogen) atoms. The van der Waals surface area contributed by atoms with E-state index >= 15 is 0 Å². The van der Waals surface area contributed by atoms with E-state index < -0.39 is 5.97 Å². The molecule has 0 aromatic heterocycles. The average Bonchev–Trinajstić information content (AvgIpc) is 2.46. The number of carboxylic acid groups (broad SMARTS) is 1. The van der Waals surface area contributed by atoms with Crippen LogP contribution in [-0.4, -0.2) is 24.2 Å². The number of nitriles is 1. The molecule has 2 rings (SSSR count). The van der Waals surface area contributed by atoms with Crippen molar-refractivity contribution in [3.63, 3.8) is 0 Å². The lowest BCUT2D eigenvalue weighted by Gasteiger charge is -2.37. The molecular formula is C16H20N2O2. The average molecular weight is 272 g/mol. The van der Waals surface area contributed by atoms with E-state index in [1.54, 1.807) is 0 Å². The molecule has 1 aromatic carbocycles. The molecule has 0 amide bonds. The van der Waals surface area contributed by atoms with E-state index in [0.717, 1.165) is 31.6 Å². The van der Waals surface area contributed by atoms with Crippen molar-refractivity contribution in [3.8, 4) is 6.07 Å². The van der Waals surface area contributed by atoms with E-state index in [-0.39, 0.29) is 12.3 Å². The van der Waals surface area contributed by atoms with Gasteiger partial charge in [-0.2, -0.15) is 5.26 Å². The maximum atomic E-state index is 10.8. The summed E-state index contributed by atoms with van der Waals surface area (Å²) < 4.78 is 0. The Bertz CT molecular complexity index is 521. The zero-order valence-electron chi connectivity index (χ0n) is 11.7. The van der Waals surface area contributed by atoms with Crippen LogP contribution >= 0.6 is 0 Å². The van der Waals surface area contributed by atoms with Gasteiger partial charge in [-0.3, -0.25) is 4.79 Å². The van der Waals surface area contributed by atoms with Gasteiger partial charge in [-0.25, -0.2) is 0 Å². The predicted molar refractivity (Wildman–Crippen MR) is 77.5 cm³/mol. The van der Waals surface area contributed by atoms with Crippen LogP contribution in [0.3, 0.4) is 0 Å². The monoisotopic (exact) mass is 272 g/mol. The quantitative estimate of drug-likeness (QED) is 0.915. The highest BCUT2D eigenvalue weighted by Gasteiger charge is 2.26. The number of hydrogen-bond acceptors (Lipinski definition) is 3. The first-order valence-corrected chi connectivity index (χ1v) is 7.07. The molecule has 0 spiro atoms. The normalized spacial score (nSPS) is 20.2. The molecule has 2 unspecified atom stereocenters. The molecule has 1 heterocycles. The van der Waals surface area contributed by atoms with Crippen molar-refractivity contribution in [2.75, 3.05) is 18.0 Å². The van der Waals surface area contributed by atoms with Crippen molar-refractivity contribution in [1.29, 1.82) is 5.26 Å². The number of hydrogen-bond donors (Lipinski definition) is 1. The zero-order chi connectivity index (χ0) is 14.5. The SMILES string of the molecule is CC(CC(=O)O)C1CCCN(c2ccccc2C#N)C1. The summed E-state index contributed by atoms with van der Waals surface area (Å²) in [4.78, 5) is 13.1. The van der Waals surface area contributed by atoms with E-state index in [4.69, 9.17) is 5.11 Å². The molecule has 1 saturated heterocycles. The van der Waals surface area contributed by atoms with Crippen molar-refractivity contribution < 1.29 is 9.90 Å². The number of anilines is 1. The molecule has 1 fully saturated rings. The lowest BCUT2D eigenvalue weighted by Crippen LogP contribution is -2.38. The first kappa shape index (κ1) is 14.4. The third-order valence-corrected chi connectivity index (χ3v) is 4.12. The van der Waals surface area contributed by atoms with Crippen LogP contribution in [0.25, 0.3) is 0 Å². The number of nitrogens with zero attached hydrogens (tertiary/aromatic N) is 2. The molecule has 0 bridgehead atoms. The minimum absolute atomic E-state index is 0.171. The van der Waals surface area contributed by atoms with Crippen LogP contribution in [0.5, 0.6) is 0 Å². The summed E-state index contributed by atoms with van der Waals surface area (Å²) in [6.07, 6.45) is 2.34. The first-order chi connectivity index (χ1) is 9.61. The third-order valence-electron chi connectivity index (χ3n) is 4.12. The van der Waals surface area contributed by atoms with Crippen LogP contribution < -0.4 is 4.90 Å². The molecule has 106 valence electrons. The molecule has 1 aliphatic rings. The Balaban J connectivity index is 2.11. The largest absolute Gasteiger partial charge is 0.481 e. The molecular weight excluding hydrogens is 252 g/mol. The number of para-hydroxylation sites is 1. The second-order valence-electron chi connectivity index (χ2n) is 5.55. The highest BCUT2D eigenvalue weighted by atomic mass is 16.4. The Morgan fingerprint density at radius 1 is 1.55 bits per heavy atom. The topological polar surface area (TPSA) is 64.3 Å². The Kier molecular flexibility index (Phi) is 4.62. The summed E-state index contributed by atoms with van der Waals surface area (Å²) in [5.41, 5.74) is 1.67. The molecule has 4 heteroatoms. The van der Waals surface area contributed by atoms with Gasteiger partial charge < -0.3 is 10.0 Å². The summed E-state index contributed by atoms with van der Waals surface area (Å²) >= 11 is 0. The third kappa shape index (κ3) is 3.30. The molecule has 4 nitrogen and oxygen atoms in total. The standard InChI is InChI=1S/C16H20N2O2/c1-12(9-16(19)20)14-6-4-8-18(11-14)15-7-3-2-5-13(15)10-17/h2-3,5,7,12,14H,4,6,8-9,11H2,1H3,(H,19,20). The fourth-order valence-corrected chi connectivity index (χ4v) is 2.98. The minimum atomic E-state index is -0.730. The van der Waals surface area contributed by atoms with Crippen LogP contribution in [-0.2, 0) is 4.79 Å². The molecule has 2 atom stereocenters. The maximum Gasteiger partial charge on any atom is 0.303 e. The van der Waals surface area contributed by atoms with Gasteiger partial charge in [0.15, 0.2) is 0 Å². The summed E-state index contributed by atoms with van der Waals surface area (Å²) in [5.74, 6) is -0.178. The first-order valence-electron chi connectivity index (χ1n) is 7.07. The predicted octanol–water partition coefficient (Wildman–Crippen LogP) is 2.89. The zero-order valence-corrected chi connectivity index (χ0v) is 11.7. The fraction of sp³-hybridized carbons (Fsp3) is 0.500. The van der Waals surface area contributed by atoms with Gasteiger partial charge >= 0.3 is 5.97 Å². The molecule has 1 aromatic rings. The van der Waals surface area contributed by atoms with Crippen LogP contribution in [0.1, 0.15) is 31.7 Å². The van der Waals surface area contributed by atoms with E-state index in [1.807, 2.05) is 31.2 Å². The van der Waals surface area contributed by atoms with Crippen LogP contribution in [0.2, 0.25) is 0 Å². The van der Waals surface area contributed by atoms with Crippen molar-refractivity contribution in [2.45, 2.75) is 26.2 Å². The maximum absolute atomic E-state index is 10.8. The van der Waals surface area contributed by atoms with Gasteiger partial charge in [0.2, 0.25) is 0 Å². The number of carboxylic acids is 1. The Morgan fingerprint density at radius 2 is 2.30 bits per heavy atom. The lowest BCUT2D eigenvalue weighted by molar-refractivity contribution is -0.138. The second-order valence-corrected chi connectivity index (χ2v) is 5.55. The van der Waals surface area contributed by atoms with E-state index in [2.05, 4.69) is 11.0 Å². The Labute approximate surface area is 119 Å². The minimum Gasteiger partial charge on any atom is -0.481 e. The summed E-state index contributed by atoms with van der Waals surface area (Å²) in [6.45, 7) is 3.79. The van der Waals surface area contributed by atoms with Crippen LogP contribution in [0, 0.1) is 23.2 Å². The van der Waals surface area contributed by atoms with Crippen molar-refractivity contribution >= 4 is 11.7 Å². The van der Waals surface area contributed by atoms with Crippen molar-refractivity contribution in [1.82, 2.24) is 0 Å². The Morgan fingerprint density at radius 3 is 3.00 bits per heavy atom. The molecule has 1 aliphatic heterocycles. The summed E-state index contributed by atoms with van der Waals surface area (Å²) in [5, 5.41) is 18.1. The number of aliphatic carboxylic acids is 1. The number of rotatable bonds is 4. The van der Waals surface area contributed by atoms with Crippen LogP contribution in [0.4, 0.5) is 5.69 Å². The molecule has 0 aliphatic carbocycles. The van der Waals surface area contributed by atoms with Crippen LogP contribution in [0.15, 0.2) is 24.3 Å². The van der Waals surface area contributed by atoms with Crippen molar-refractivity contribution in [3.05, 3.63) is 29.8 Å². The van der Waals surface area contributed by atoms with Gasteiger partial charge in [0.05, 0.1) is 11.3 Å².